The summed E-state index contributed by atoms with van der Waals surface area (Å²) in [5, 5.41) is 19.4. The van der Waals surface area contributed by atoms with Crippen LogP contribution in [0.15, 0.2) is 34.0 Å². The number of hydrazone groups is 1. The number of hydrogen-bond acceptors (Lipinski definition) is 12. The van der Waals surface area contributed by atoms with E-state index in [2.05, 4.69) is 40.7 Å². The van der Waals surface area contributed by atoms with Crippen LogP contribution < -0.4 is 16.1 Å². The number of nitrogens with one attached hydrogen (secondary N) is 1. The van der Waals surface area contributed by atoms with Gasteiger partial charge in [0.2, 0.25) is 11.6 Å². The Balaban J connectivity index is 1.44. The third kappa shape index (κ3) is 4.02. The molecular formula is C20H20N10O5. The van der Waals surface area contributed by atoms with E-state index in [0.717, 1.165) is 9.58 Å². The van der Waals surface area contributed by atoms with Crippen LogP contribution in [-0.4, -0.2) is 79.9 Å². The topological polar surface area (TPSA) is 187 Å². The van der Waals surface area contributed by atoms with Crippen molar-refractivity contribution in [2.24, 2.45) is 5.10 Å². The number of para-hydroxylation sites is 1. The van der Waals surface area contributed by atoms with E-state index in [1.807, 2.05) is 0 Å². The van der Waals surface area contributed by atoms with Crippen LogP contribution in [0.1, 0.15) is 33.5 Å². The highest BCUT2D eigenvalue weighted by Crippen LogP contribution is 2.28. The molecule has 35 heavy (non-hydrogen) atoms. The maximum atomic E-state index is 13.3. The van der Waals surface area contributed by atoms with Gasteiger partial charge in [0.1, 0.15) is 11.5 Å². The highest BCUT2D eigenvalue weighted by molar-refractivity contribution is 6.56. The van der Waals surface area contributed by atoms with Gasteiger partial charge in [-0.2, -0.15) is 9.78 Å². The van der Waals surface area contributed by atoms with Crippen LogP contribution in [0.3, 0.4) is 0 Å². The number of ether oxygens (including phenoxy) is 1. The molecule has 0 bridgehead atoms. The summed E-state index contributed by atoms with van der Waals surface area (Å²) in [6.45, 7) is 4.24. The Morgan fingerprint density at radius 3 is 2.71 bits per heavy atom. The van der Waals surface area contributed by atoms with E-state index in [0.29, 0.717) is 44.2 Å². The van der Waals surface area contributed by atoms with Crippen molar-refractivity contribution in [1.29, 1.82) is 0 Å². The van der Waals surface area contributed by atoms with Crippen LogP contribution in [0.5, 0.6) is 0 Å². The lowest BCUT2D eigenvalue weighted by Gasteiger charge is -2.25. The number of anilines is 2. The molecule has 0 spiro atoms. The van der Waals surface area contributed by atoms with Crippen LogP contribution >= 0.6 is 0 Å². The number of amides is 2. The summed E-state index contributed by atoms with van der Waals surface area (Å²) in [5.41, 5.74) is 9.22. The Kier molecular flexibility index (Phi) is 5.76. The number of carbonyl (C=O) groups is 3. The molecule has 15 heteroatoms. The molecule has 15 nitrogen and oxygen atoms in total. The first-order chi connectivity index (χ1) is 17.0. The molecule has 2 aliphatic heterocycles. The molecule has 0 radical (unpaired) electrons. The van der Waals surface area contributed by atoms with Crippen molar-refractivity contribution in [1.82, 2.24) is 35.6 Å². The van der Waals surface area contributed by atoms with Crippen LogP contribution in [-0.2, 0) is 16.1 Å². The quantitative estimate of drug-likeness (QED) is 0.205. The number of rotatable bonds is 5. The Morgan fingerprint density at radius 2 is 1.97 bits per heavy atom. The van der Waals surface area contributed by atoms with Crippen molar-refractivity contribution >= 4 is 34.9 Å². The Bertz CT molecular complexity index is 1340. The van der Waals surface area contributed by atoms with Gasteiger partial charge in [0, 0.05) is 19.6 Å². The maximum Gasteiger partial charge on any atom is 0.305 e. The van der Waals surface area contributed by atoms with Crippen molar-refractivity contribution in [2.75, 3.05) is 36.9 Å². The number of nitrogen functional groups attached to an aromatic ring is 1. The molecule has 2 aromatic heterocycles. The third-order valence-electron chi connectivity index (χ3n) is 5.56. The van der Waals surface area contributed by atoms with E-state index in [1.165, 1.54) is 6.92 Å². The third-order valence-corrected chi connectivity index (χ3v) is 5.56. The minimum atomic E-state index is -0.761. The average Bonchev–Trinajstić information content (AvgIpc) is 3.54. The van der Waals surface area contributed by atoms with Crippen molar-refractivity contribution in [2.45, 2.75) is 13.5 Å². The highest BCUT2D eigenvalue weighted by Gasteiger charge is 2.37. The molecular weight excluding hydrogens is 460 g/mol. The standard InChI is InChI=1S/C20H20N10O5/c1-11(29-14-5-3-2-4-12(14)16(31)20(29)33)22-24-19(32)15-13(10-28-6-8-34-9-7-28)23-27-30(15)18-17(21)25-35-26-18/h2-5H,6-10H2,1H3,(H2,21,25)(H,24,32)/b22-11+. The number of morpholine rings is 1. The fraction of sp³-hybridized carbons (Fsp3) is 0.300. The molecule has 1 aromatic carbocycles. The van der Waals surface area contributed by atoms with Gasteiger partial charge in [0.25, 0.3) is 11.7 Å². The van der Waals surface area contributed by atoms with Gasteiger partial charge in [0.05, 0.1) is 24.5 Å². The molecule has 0 atom stereocenters. The average molecular weight is 480 g/mol. The van der Waals surface area contributed by atoms with E-state index in [9.17, 15) is 14.4 Å². The van der Waals surface area contributed by atoms with Gasteiger partial charge >= 0.3 is 5.91 Å². The SMILES string of the molecule is C/C(=N\NC(=O)c1c(CN2CCOCC2)nnn1-c1nonc1N)N1C(=O)C(=O)c2ccccc21. The number of nitrogens with two attached hydrogens (primary N) is 1. The Labute approximate surface area is 197 Å². The molecule has 5 rings (SSSR count). The lowest BCUT2D eigenvalue weighted by atomic mass is 10.1. The van der Waals surface area contributed by atoms with E-state index in [4.69, 9.17) is 10.5 Å². The van der Waals surface area contributed by atoms with E-state index < -0.39 is 17.6 Å². The first kappa shape index (κ1) is 22.3. The van der Waals surface area contributed by atoms with Gasteiger partial charge < -0.3 is 10.5 Å². The normalized spacial score (nSPS) is 16.6. The van der Waals surface area contributed by atoms with Crippen LogP contribution in [0, 0.1) is 0 Å². The largest absolute Gasteiger partial charge is 0.379 e. The van der Waals surface area contributed by atoms with E-state index in [1.54, 1.807) is 24.3 Å². The number of fused-ring (bicyclic) bond motifs is 1. The second-order valence-electron chi connectivity index (χ2n) is 7.74. The lowest BCUT2D eigenvalue weighted by Crippen LogP contribution is -2.37. The number of amidine groups is 1. The van der Waals surface area contributed by atoms with Crippen LogP contribution in [0.2, 0.25) is 0 Å². The molecule has 1 saturated heterocycles. The Hall–Kier alpha value is -4.50. The van der Waals surface area contributed by atoms with E-state index >= 15 is 0 Å². The summed E-state index contributed by atoms with van der Waals surface area (Å²) >= 11 is 0. The molecule has 0 aliphatic carbocycles. The molecule has 1 fully saturated rings. The summed E-state index contributed by atoms with van der Waals surface area (Å²) in [6, 6.07) is 6.54. The van der Waals surface area contributed by atoms with Crippen molar-refractivity contribution in [3.05, 3.63) is 41.2 Å². The Morgan fingerprint density at radius 1 is 1.20 bits per heavy atom. The first-order valence-corrected chi connectivity index (χ1v) is 10.6. The fourth-order valence-corrected chi connectivity index (χ4v) is 3.85. The van der Waals surface area contributed by atoms with Gasteiger partial charge in [-0.3, -0.25) is 24.2 Å². The smallest absolute Gasteiger partial charge is 0.305 e. The number of nitrogens with zero attached hydrogens (tertiary/aromatic N) is 8. The molecule has 3 aromatic rings. The molecule has 0 saturated carbocycles. The first-order valence-electron chi connectivity index (χ1n) is 10.6. The number of hydrogen-bond donors (Lipinski definition) is 2. The predicted octanol–water partition coefficient (Wildman–Crippen LogP) is -0.643. The zero-order valence-corrected chi connectivity index (χ0v) is 18.5. The fourth-order valence-electron chi connectivity index (χ4n) is 3.85. The lowest BCUT2D eigenvalue weighted by molar-refractivity contribution is -0.113. The van der Waals surface area contributed by atoms with Crippen molar-refractivity contribution < 1.29 is 23.7 Å². The molecule has 4 heterocycles. The molecule has 180 valence electrons. The number of benzene rings is 1. The van der Waals surface area contributed by atoms with Crippen molar-refractivity contribution in [3.8, 4) is 5.82 Å². The second kappa shape index (κ2) is 9.03. The van der Waals surface area contributed by atoms with E-state index in [-0.39, 0.29) is 28.7 Å². The van der Waals surface area contributed by atoms with Crippen molar-refractivity contribution in [3.63, 3.8) is 0 Å². The summed E-state index contributed by atoms with van der Waals surface area (Å²) < 4.78 is 11.1. The minimum Gasteiger partial charge on any atom is -0.379 e. The monoisotopic (exact) mass is 480 g/mol. The van der Waals surface area contributed by atoms with Gasteiger partial charge in [0.15, 0.2) is 5.69 Å². The van der Waals surface area contributed by atoms with Gasteiger partial charge in [-0.1, -0.05) is 17.3 Å². The predicted molar refractivity (Wildman–Crippen MR) is 119 cm³/mol. The number of ketones is 1. The van der Waals surface area contributed by atoms with Gasteiger partial charge in [-0.15, -0.1) is 5.10 Å². The summed E-state index contributed by atoms with van der Waals surface area (Å²) in [7, 11) is 0. The van der Waals surface area contributed by atoms with Crippen LogP contribution in [0.4, 0.5) is 11.5 Å². The van der Waals surface area contributed by atoms with Gasteiger partial charge in [-0.25, -0.2) is 10.1 Å². The highest BCUT2D eigenvalue weighted by atomic mass is 16.6. The molecule has 2 aliphatic rings. The summed E-state index contributed by atoms with van der Waals surface area (Å²) in [4.78, 5) is 41.2. The maximum absolute atomic E-state index is 13.3. The van der Waals surface area contributed by atoms with Crippen LogP contribution in [0.25, 0.3) is 5.82 Å². The summed E-state index contributed by atoms with van der Waals surface area (Å²) in [5.74, 6) is -2.09. The van der Waals surface area contributed by atoms with Gasteiger partial charge in [-0.05, 0) is 29.4 Å². The number of aromatic nitrogens is 5. The minimum absolute atomic E-state index is 0.00850. The molecule has 3 N–H and O–H groups in total. The molecule has 2 amide bonds. The zero-order valence-electron chi connectivity index (χ0n) is 18.5. The number of carbonyl (C=O) groups excluding carboxylic acids is 3. The number of Topliss-reactive ketones (excluding diaryl/α,β-unsaturated/α-hetero) is 1. The summed E-state index contributed by atoms with van der Waals surface area (Å²) in [6.07, 6.45) is 0. The zero-order chi connectivity index (χ0) is 24.5. The molecule has 0 unspecified atom stereocenters. The second-order valence-corrected chi connectivity index (χ2v) is 7.74.